The lowest BCUT2D eigenvalue weighted by molar-refractivity contribution is -0.274. The molecule has 0 aliphatic rings. The number of benzene rings is 3. The van der Waals surface area contributed by atoms with Crippen LogP contribution in [0.15, 0.2) is 72.8 Å². The van der Waals surface area contributed by atoms with E-state index in [0.717, 1.165) is 5.56 Å². The molecule has 0 aliphatic heterocycles. The van der Waals surface area contributed by atoms with Crippen molar-refractivity contribution in [3.63, 3.8) is 0 Å². The van der Waals surface area contributed by atoms with Crippen LogP contribution in [0.2, 0.25) is 10.0 Å². The molecule has 1 heterocycles. The number of halogens is 5. The lowest BCUT2D eigenvalue weighted by Crippen LogP contribution is -2.25. The van der Waals surface area contributed by atoms with Crippen molar-refractivity contribution in [2.24, 2.45) is 0 Å². The number of nitrogens with zero attached hydrogens (tertiary/aromatic N) is 2. The molecule has 12 heteroatoms. The van der Waals surface area contributed by atoms with Crippen molar-refractivity contribution in [3.05, 3.63) is 94.0 Å². The summed E-state index contributed by atoms with van der Waals surface area (Å²) in [4.78, 5) is 23.3. The van der Waals surface area contributed by atoms with Gasteiger partial charge in [0.1, 0.15) is 18.1 Å². The molecular formula is C28H22Cl2F3N3O4. The number of hydrogen-bond acceptors (Lipinski definition) is 5. The molecule has 0 atom stereocenters. The summed E-state index contributed by atoms with van der Waals surface area (Å²) in [6, 6.07) is 18.5. The highest BCUT2D eigenvalue weighted by molar-refractivity contribution is 6.35. The minimum absolute atomic E-state index is 0.0146. The van der Waals surface area contributed by atoms with Crippen molar-refractivity contribution < 1.29 is 32.2 Å². The molecule has 1 aromatic heterocycles. The van der Waals surface area contributed by atoms with Crippen LogP contribution in [-0.2, 0) is 11.4 Å². The first-order valence-electron chi connectivity index (χ1n) is 11.9. The molecule has 40 heavy (non-hydrogen) atoms. The molecule has 1 N–H and O–H groups in total. The van der Waals surface area contributed by atoms with Gasteiger partial charge in [-0.05, 0) is 67.1 Å². The number of hydrogen-bond donors (Lipinski definition) is 1. The van der Waals surface area contributed by atoms with E-state index in [-0.39, 0.29) is 37.0 Å². The summed E-state index contributed by atoms with van der Waals surface area (Å²) >= 11 is 12.3. The van der Waals surface area contributed by atoms with Gasteiger partial charge in [-0.3, -0.25) is 9.59 Å². The van der Waals surface area contributed by atoms with Crippen LogP contribution < -0.4 is 14.8 Å². The first-order chi connectivity index (χ1) is 19.0. The molecule has 4 aromatic rings. The van der Waals surface area contributed by atoms with Gasteiger partial charge < -0.3 is 14.8 Å². The van der Waals surface area contributed by atoms with E-state index in [1.807, 2.05) is 0 Å². The molecule has 0 unspecified atom stereocenters. The Kier molecular flexibility index (Phi) is 9.01. The lowest BCUT2D eigenvalue weighted by atomic mass is 10.1. The predicted molar refractivity (Wildman–Crippen MR) is 144 cm³/mol. The average Bonchev–Trinajstić information content (AvgIpc) is 3.31. The number of rotatable bonds is 10. The summed E-state index contributed by atoms with van der Waals surface area (Å²) in [6.45, 7) is 1.81. The molecule has 0 fully saturated rings. The second-order valence-corrected chi connectivity index (χ2v) is 9.55. The fourth-order valence-electron chi connectivity index (χ4n) is 3.65. The number of nitrogens with one attached hydrogen (secondary N) is 1. The molecular weight excluding hydrogens is 570 g/mol. The molecule has 7 nitrogen and oxygen atoms in total. The number of carbonyl (C=O) groups excluding carboxylic acids is 2. The first-order valence-corrected chi connectivity index (χ1v) is 12.6. The monoisotopic (exact) mass is 591 g/mol. The summed E-state index contributed by atoms with van der Waals surface area (Å²) in [6.07, 6.45) is -4.56. The second-order valence-electron chi connectivity index (χ2n) is 8.67. The molecule has 3 aromatic carbocycles. The van der Waals surface area contributed by atoms with Gasteiger partial charge in [0.05, 0.1) is 11.4 Å². The third kappa shape index (κ3) is 8.00. The molecule has 0 saturated heterocycles. The van der Waals surface area contributed by atoms with E-state index in [1.54, 1.807) is 48.5 Å². The number of ketones is 1. The number of ether oxygens (including phenoxy) is 2. The van der Waals surface area contributed by atoms with Crippen LogP contribution in [0.5, 0.6) is 11.6 Å². The third-order valence-corrected chi connectivity index (χ3v) is 5.95. The van der Waals surface area contributed by atoms with Gasteiger partial charge >= 0.3 is 6.36 Å². The van der Waals surface area contributed by atoms with E-state index in [0.29, 0.717) is 38.4 Å². The van der Waals surface area contributed by atoms with Crippen molar-refractivity contribution in [1.82, 2.24) is 15.1 Å². The van der Waals surface area contributed by atoms with E-state index in [9.17, 15) is 22.8 Å². The van der Waals surface area contributed by atoms with Crippen LogP contribution in [-0.4, -0.2) is 34.4 Å². The smallest absolute Gasteiger partial charge is 0.473 e. The fourth-order valence-corrected chi connectivity index (χ4v) is 4.17. The van der Waals surface area contributed by atoms with Gasteiger partial charge in [0.15, 0.2) is 0 Å². The minimum Gasteiger partial charge on any atom is -0.473 e. The lowest BCUT2D eigenvalue weighted by Gasteiger charge is -2.12. The van der Waals surface area contributed by atoms with Gasteiger partial charge in [-0.15, -0.1) is 13.2 Å². The van der Waals surface area contributed by atoms with Gasteiger partial charge in [-0.25, -0.2) is 4.68 Å². The topological polar surface area (TPSA) is 82.5 Å². The number of alkyl halides is 3. The zero-order valence-corrected chi connectivity index (χ0v) is 22.5. The predicted octanol–water partition coefficient (Wildman–Crippen LogP) is 7.03. The average molecular weight is 592 g/mol. The van der Waals surface area contributed by atoms with E-state index in [2.05, 4.69) is 15.2 Å². The maximum Gasteiger partial charge on any atom is 0.573 e. The van der Waals surface area contributed by atoms with Gasteiger partial charge in [-0.2, -0.15) is 5.10 Å². The van der Waals surface area contributed by atoms with E-state index < -0.39 is 6.36 Å². The van der Waals surface area contributed by atoms with Gasteiger partial charge in [-0.1, -0.05) is 35.3 Å². The van der Waals surface area contributed by atoms with Gasteiger partial charge in [0.2, 0.25) is 5.88 Å². The summed E-state index contributed by atoms with van der Waals surface area (Å²) in [7, 11) is 0. The molecule has 0 bridgehead atoms. The van der Waals surface area contributed by atoms with Gasteiger partial charge in [0.25, 0.3) is 5.91 Å². The number of amides is 1. The first kappa shape index (κ1) is 29.0. The Hall–Kier alpha value is -4.02. The molecule has 0 aliphatic carbocycles. The van der Waals surface area contributed by atoms with Crippen LogP contribution in [0.3, 0.4) is 0 Å². The molecule has 4 rings (SSSR count). The molecule has 0 saturated carbocycles. The Morgan fingerprint density at radius 1 is 0.950 bits per heavy atom. The summed E-state index contributed by atoms with van der Waals surface area (Å²) < 4.78 is 49.2. The van der Waals surface area contributed by atoms with Crippen molar-refractivity contribution in [2.45, 2.75) is 26.3 Å². The Balaban J connectivity index is 1.56. The quantitative estimate of drug-likeness (QED) is 0.214. The SMILES string of the molecule is CC(=O)CCNC(=O)c1ccc(COc2cc(-c3cc(Cl)cc(Cl)c3)nn2-c2ccc(OC(F)(F)F)cc2)cc1. The highest BCUT2D eigenvalue weighted by atomic mass is 35.5. The maximum atomic E-state index is 12.6. The molecule has 208 valence electrons. The number of Topliss-reactive ketones (excluding diaryl/α,β-unsaturated/α-hetero) is 1. The summed E-state index contributed by atoms with van der Waals surface area (Å²) in [5.74, 6) is -0.395. The molecule has 0 spiro atoms. The van der Waals surface area contributed by atoms with Crippen molar-refractivity contribution in [1.29, 1.82) is 0 Å². The zero-order valence-electron chi connectivity index (χ0n) is 21.0. The van der Waals surface area contributed by atoms with Crippen molar-refractivity contribution in [3.8, 4) is 28.6 Å². The number of carbonyl (C=O) groups is 2. The largest absolute Gasteiger partial charge is 0.573 e. The molecule has 0 radical (unpaired) electrons. The standard InChI is InChI=1S/C28H22Cl2F3N3O4/c1-17(37)10-11-34-27(38)19-4-2-18(3-5-19)16-39-26-15-25(20-12-21(29)14-22(30)13-20)35-36(26)23-6-8-24(9-7-23)40-28(31,32)33/h2-9,12-15H,10-11,16H2,1H3,(H,34,38). The Morgan fingerprint density at radius 2 is 1.60 bits per heavy atom. The summed E-state index contributed by atoms with van der Waals surface area (Å²) in [5, 5.41) is 8.05. The number of aromatic nitrogens is 2. The third-order valence-electron chi connectivity index (χ3n) is 5.52. The Labute approximate surface area is 237 Å². The maximum absolute atomic E-state index is 12.6. The Bertz CT molecular complexity index is 1480. The highest BCUT2D eigenvalue weighted by Gasteiger charge is 2.31. The fraction of sp³-hybridized carbons (Fsp3) is 0.179. The molecule has 1 amide bonds. The van der Waals surface area contributed by atoms with E-state index >= 15 is 0 Å². The van der Waals surface area contributed by atoms with E-state index in [1.165, 1.54) is 35.9 Å². The van der Waals surface area contributed by atoms with Crippen LogP contribution >= 0.6 is 23.2 Å². The van der Waals surface area contributed by atoms with Crippen LogP contribution in [0.4, 0.5) is 13.2 Å². The highest BCUT2D eigenvalue weighted by Crippen LogP contribution is 2.32. The Morgan fingerprint density at radius 3 is 2.20 bits per heavy atom. The minimum atomic E-state index is -4.81. The van der Waals surface area contributed by atoms with Crippen LogP contribution in [0.25, 0.3) is 16.9 Å². The van der Waals surface area contributed by atoms with Crippen molar-refractivity contribution >= 4 is 34.9 Å². The summed E-state index contributed by atoms with van der Waals surface area (Å²) in [5.41, 5.74) is 2.67. The van der Waals surface area contributed by atoms with Gasteiger partial charge in [0, 0.05) is 40.2 Å². The van der Waals surface area contributed by atoms with Crippen molar-refractivity contribution in [2.75, 3.05) is 6.54 Å². The van der Waals surface area contributed by atoms with Crippen LogP contribution in [0.1, 0.15) is 29.3 Å². The zero-order chi connectivity index (χ0) is 28.9. The second kappa shape index (κ2) is 12.4. The van der Waals surface area contributed by atoms with E-state index in [4.69, 9.17) is 27.9 Å². The van der Waals surface area contributed by atoms with Crippen LogP contribution in [0, 0.1) is 0 Å². The normalized spacial score (nSPS) is 11.2.